The lowest BCUT2D eigenvalue weighted by molar-refractivity contribution is -0.385. The average molecular weight is 627 g/mol. The molecule has 0 saturated heterocycles. The normalized spacial score (nSPS) is 11.4. The van der Waals surface area contributed by atoms with Crippen LogP contribution in [0.5, 0.6) is 5.75 Å². The number of rotatable bonds is 10. The van der Waals surface area contributed by atoms with Crippen molar-refractivity contribution in [3.63, 3.8) is 0 Å². The number of benzene rings is 3. The summed E-state index contributed by atoms with van der Waals surface area (Å²) in [6, 6.07) is 15.8. The standard InChI is InChI=1S/C25H18N6O8S3/c1-39-21-5-3-2-4-20(21)29-19-11-8-16(31(35)36)12-18(19)27-25(29)40-14-22(32)28-24-26-13-23(41-24)42(37,38)17-9-6-15(7-10-17)30(33)34/h2-13H,14H2,1H3,(H,26,28,32). The molecule has 0 unspecified atom stereocenters. The number of methoxy groups -OCH3 is 1. The number of hydrogen-bond acceptors (Lipinski definition) is 12. The monoisotopic (exact) mass is 626 g/mol. The molecule has 17 heteroatoms. The number of hydrogen-bond donors (Lipinski definition) is 1. The first-order valence-corrected chi connectivity index (χ1v) is 15.1. The predicted octanol–water partition coefficient (Wildman–Crippen LogP) is 4.87. The number of carbonyl (C=O) groups excluding carboxylic acids is 1. The maximum Gasteiger partial charge on any atom is 0.271 e. The predicted molar refractivity (Wildman–Crippen MR) is 154 cm³/mol. The zero-order valence-electron chi connectivity index (χ0n) is 21.4. The maximum atomic E-state index is 12.9. The second-order valence-electron chi connectivity index (χ2n) is 8.41. The van der Waals surface area contributed by atoms with Crippen molar-refractivity contribution < 1.29 is 27.8 Å². The van der Waals surface area contributed by atoms with Crippen LogP contribution in [0.15, 0.2) is 87.2 Å². The van der Waals surface area contributed by atoms with Crippen LogP contribution in [0.1, 0.15) is 0 Å². The highest BCUT2D eigenvalue weighted by atomic mass is 32.2. The van der Waals surface area contributed by atoms with E-state index in [1.54, 1.807) is 34.9 Å². The van der Waals surface area contributed by atoms with E-state index in [1.165, 1.54) is 19.2 Å². The Hall–Kier alpha value is -4.87. The number of aromatic nitrogens is 3. The van der Waals surface area contributed by atoms with Crippen molar-refractivity contribution in [1.29, 1.82) is 0 Å². The lowest BCUT2D eigenvalue weighted by Crippen LogP contribution is -2.14. The summed E-state index contributed by atoms with van der Waals surface area (Å²) in [6.07, 6.45) is 1.10. The van der Waals surface area contributed by atoms with Gasteiger partial charge in [0.2, 0.25) is 15.7 Å². The van der Waals surface area contributed by atoms with Crippen molar-refractivity contribution in [1.82, 2.24) is 14.5 Å². The lowest BCUT2D eigenvalue weighted by Gasteiger charge is -2.12. The Morgan fingerprint density at radius 3 is 2.43 bits per heavy atom. The van der Waals surface area contributed by atoms with Crippen molar-refractivity contribution in [2.45, 2.75) is 14.3 Å². The molecule has 5 aromatic rings. The quantitative estimate of drug-likeness (QED) is 0.126. The van der Waals surface area contributed by atoms with Gasteiger partial charge in [-0.25, -0.2) is 18.4 Å². The van der Waals surface area contributed by atoms with Gasteiger partial charge in [-0.15, -0.1) is 0 Å². The van der Waals surface area contributed by atoms with E-state index in [2.05, 4.69) is 15.3 Å². The van der Waals surface area contributed by atoms with E-state index in [4.69, 9.17) is 4.74 Å². The zero-order valence-corrected chi connectivity index (χ0v) is 23.8. The van der Waals surface area contributed by atoms with Gasteiger partial charge in [0.15, 0.2) is 10.3 Å². The van der Waals surface area contributed by atoms with Crippen molar-refractivity contribution in [3.05, 3.63) is 93.2 Å². The van der Waals surface area contributed by atoms with Gasteiger partial charge in [-0.1, -0.05) is 35.2 Å². The van der Waals surface area contributed by atoms with Crippen LogP contribution >= 0.6 is 23.1 Å². The molecule has 1 amide bonds. The van der Waals surface area contributed by atoms with Gasteiger partial charge in [0.05, 0.1) is 50.5 Å². The summed E-state index contributed by atoms with van der Waals surface area (Å²) in [6.45, 7) is 0. The van der Waals surface area contributed by atoms with Gasteiger partial charge in [0, 0.05) is 24.3 Å². The molecule has 3 aromatic carbocycles. The number of imidazole rings is 1. The van der Waals surface area contributed by atoms with Gasteiger partial charge < -0.3 is 10.1 Å². The van der Waals surface area contributed by atoms with Gasteiger partial charge in [-0.3, -0.25) is 29.6 Å². The molecule has 0 saturated carbocycles. The number of ether oxygens (including phenoxy) is 1. The molecule has 0 aliphatic rings. The van der Waals surface area contributed by atoms with Crippen LogP contribution in [0.4, 0.5) is 16.5 Å². The largest absolute Gasteiger partial charge is 0.495 e. The number of nitrogens with one attached hydrogen (secondary N) is 1. The number of non-ortho nitro benzene ring substituents is 2. The number of nitro groups is 2. The van der Waals surface area contributed by atoms with Gasteiger partial charge in [-0.2, -0.15) is 0 Å². The number of para-hydroxylation sites is 2. The minimum Gasteiger partial charge on any atom is -0.495 e. The van der Waals surface area contributed by atoms with Crippen LogP contribution in [-0.4, -0.2) is 51.6 Å². The van der Waals surface area contributed by atoms with Crippen LogP contribution in [0.2, 0.25) is 0 Å². The van der Waals surface area contributed by atoms with Crippen molar-refractivity contribution in [2.75, 3.05) is 18.2 Å². The second kappa shape index (κ2) is 11.6. The maximum absolute atomic E-state index is 12.9. The average Bonchev–Trinajstić information content (AvgIpc) is 3.60. The number of thioether (sulfide) groups is 1. The molecule has 5 rings (SSSR count). The Bertz CT molecular complexity index is 1950. The van der Waals surface area contributed by atoms with E-state index in [0.717, 1.165) is 53.6 Å². The number of fused-ring (bicyclic) bond motifs is 1. The molecule has 214 valence electrons. The Morgan fingerprint density at radius 1 is 1.05 bits per heavy atom. The van der Waals surface area contributed by atoms with Crippen LogP contribution in [0.25, 0.3) is 16.7 Å². The first-order chi connectivity index (χ1) is 20.1. The summed E-state index contributed by atoms with van der Waals surface area (Å²) in [5.74, 6) is -0.130. The number of carbonyl (C=O) groups is 1. The summed E-state index contributed by atoms with van der Waals surface area (Å²) in [5, 5.41) is 25.1. The Kier molecular flexibility index (Phi) is 7.88. The number of anilines is 1. The molecule has 0 aliphatic heterocycles. The summed E-state index contributed by atoms with van der Waals surface area (Å²) in [7, 11) is -2.51. The van der Waals surface area contributed by atoms with E-state index < -0.39 is 25.6 Å². The van der Waals surface area contributed by atoms with Crippen LogP contribution < -0.4 is 10.1 Å². The molecular formula is C25H18N6O8S3. The van der Waals surface area contributed by atoms with Crippen molar-refractivity contribution >= 4 is 66.4 Å². The van der Waals surface area contributed by atoms with Crippen LogP contribution in [0.3, 0.4) is 0 Å². The van der Waals surface area contributed by atoms with Crippen LogP contribution in [0, 0.1) is 20.2 Å². The van der Waals surface area contributed by atoms with Crippen molar-refractivity contribution in [3.8, 4) is 11.4 Å². The minimum atomic E-state index is -4.02. The molecule has 1 N–H and O–H groups in total. The fourth-order valence-corrected chi connectivity index (χ4v) is 7.16. The lowest BCUT2D eigenvalue weighted by atomic mass is 10.2. The smallest absolute Gasteiger partial charge is 0.271 e. The van der Waals surface area contributed by atoms with Gasteiger partial charge in [0.25, 0.3) is 11.4 Å². The molecule has 0 fully saturated rings. The first kappa shape index (κ1) is 28.7. The SMILES string of the molecule is COc1ccccc1-n1c(SCC(=O)Nc2ncc(S(=O)(=O)c3ccc([N+](=O)[O-])cc3)s2)nc2cc([N+](=O)[O-])ccc21. The molecule has 0 atom stereocenters. The molecule has 14 nitrogen and oxygen atoms in total. The van der Waals surface area contributed by atoms with E-state index in [1.807, 2.05) is 0 Å². The number of sulfone groups is 1. The highest BCUT2D eigenvalue weighted by Crippen LogP contribution is 2.34. The van der Waals surface area contributed by atoms with E-state index >= 15 is 0 Å². The number of nitrogens with zero attached hydrogens (tertiary/aromatic N) is 5. The van der Waals surface area contributed by atoms with E-state index in [0.29, 0.717) is 27.6 Å². The third-order valence-electron chi connectivity index (χ3n) is 5.83. The van der Waals surface area contributed by atoms with Gasteiger partial charge in [-0.05, 0) is 30.3 Å². The number of amides is 1. The molecule has 0 aliphatic carbocycles. The second-order valence-corrected chi connectivity index (χ2v) is 12.6. The van der Waals surface area contributed by atoms with E-state index in [9.17, 15) is 33.4 Å². The third-order valence-corrected chi connectivity index (χ3v) is 9.91. The number of nitro benzene ring substituents is 2. The molecule has 42 heavy (non-hydrogen) atoms. The first-order valence-electron chi connectivity index (χ1n) is 11.8. The Labute approximate surface area is 245 Å². The number of thiazole rings is 1. The molecule has 0 radical (unpaired) electrons. The van der Waals surface area contributed by atoms with E-state index in [-0.39, 0.29) is 31.4 Å². The molecule has 2 heterocycles. The summed E-state index contributed by atoms with van der Waals surface area (Å²) in [5.41, 5.74) is 1.14. The fourth-order valence-electron chi connectivity index (χ4n) is 3.89. The molecule has 0 bridgehead atoms. The summed E-state index contributed by atoms with van der Waals surface area (Å²) >= 11 is 1.79. The van der Waals surface area contributed by atoms with Crippen LogP contribution in [-0.2, 0) is 14.6 Å². The van der Waals surface area contributed by atoms with Crippen molar-refractivity contribution in [2.24, 2.45) is 0 Å². The molecule has 2 aromatic heterocycles. The minimum absolute atomic E-state index is 0.0370. The molecule has 0 spiro atoms. The highest BCUT2D eigenvalue weighted by molar-refractivity contribution is 7.99. The third kappa shape index (κ3) is 5.65. The zero-order chi connectivity index (χ0) is 30.0. The highest BCUT2D eigenvalue weighted by Gasteiger charge is 2.23. The topological polar surface area (TPSA) is 189 Å². The Morgan fingerprint density at radius 2 is 1.74 bits per heavy atom. The summed E-state index contributed by atoms with van der Waals surface area (Å²) in [4.78, 5) is 42.2. The summed E-state index contributed by atoms with van der Waals surface area (Å²) < 4.78 is 32.9. The van der Waals surface area contributed by atoms with Gasteiger partial charge in [0.1, 0.15) is 9.96 Å². The van der Waals surface area contributed by atoms with Gasteiger partial charge >= 0.3 is 0 Å². The fraction of sp³-hybridized carbons (Fsp3) is 0.0800. The Balaban J connectivity index is 1.36. The molecular weight excluding hydrogens is 609 g/mol.